The normalized spacial score (nSPS) is 28.2. The summed E-state index contributed by atoms with van der Waals surface area (Å²) in [5, 5.41) is 3.56. The summed E-state index contributed by atoms with van der Waals surface area (Å²) < 4.78 is 28.0. The first kappa shape index (κ1) is 14.9. The van der Waals surface area contributed by atoms with Gasteiger partial charge in [0.25, 0.3) is 0 Å². The summed E-state index contributed by atoms with van der Waals surface area (Å²) in [4.78, 5) is 2.36. The van der Waals surface area contributed by atoms with Crippen LogP contribution < -0.4 is 5.32 Å². The smallest absolute Gasteiger partial charge is 0.128 e. The van der Waals surface area contributed by atoms with Crippen molar-refractivity contribution in [1.82, 2.24) is 10.2 Å². The molecule has 0 aliphatic carbocycles. The Hall–Kier alpha value is -1.00. The maximum Gasteiger partial charge on any atom is 0.128 e. The fourth-order valence-electron chi connectivity index (χ4n) is 3.93. The minimum Gasteiger partial charge on any atom is -0.312 e. The van der Waals surface area contributed by atoms with E-state index in [0.717, 1.165) is 25.9 Å². The average molecular weight is 294 g/mol. The van der Waals surface area contributed by atoms with Gasteiger partial charge in [0.2, 0.25) is 0 Å². The molecule has 2 heterocycles. The lowest BCUT2D eigenvalue weighted by atomic mass is 9.99. The second-order valence-electron chi connectivity index (χ2n) is 6.45. The monoisotopic (exact) mass is 294 g/mol. The zero-order chi connectivity index (χ0) is 15.0. The molecule has 3 rings (SSSR count). The largest absolute Gasteiger partial charge is 0.312 e. The minimum atomic E-state index is -0.312. The number of nitrogens with one attached hydrogen (secondary N) is 1. The molecule has 0 aromatic heterocycles. The Labute approximate surface area is 125 Å². The van der Waals surface area contributed by atoms with E-state index in [4.69, 9.17) is 0 Å². The maximum atomic E-state index is 14.2. The number of likely N-dealkylation sites (tertiary alicyclic amines) is 1. The third-order valence-corrected chi connectivity index (χ3v) is 5.13. The van der Waals surface area contributed by atoms with Gasteiger partial charge in [0.1, 0.15) is 11.6 Å². The van der Waals surface area contributed by atoms with E-state index in [-0.39, 0.29) is 17.7 Å². The molecule has 4 heteroatoms. The van der Waals surface area contributed by atoms with Gasteiger partial charge in [-0.2, -0.15) is 0 Å². The van der Waals surface area contributed by atoms with Crippen LogP contribution in [0.5, 0.6) is 0 Å². The van der Waals surface area contributed by atoms with Crippen molar-refractivity contribution in [2.75, 3.05) is 13.1 Å². The van der Waals surface area contributed by atoms with Gasteiger partial charge in [-0.3, -0.25) is 4.90 Å². The molecule has 2 saturated heterocycles. The van der Waals surface area contributed by atoms with Crippen LogP contribution in [0.15, 0.2) is 12.1 Å². The van der Waals surface area contributed by atoms with Crippen LogP contribution in [-0.2, 0) is 0 Å². The van der Waals surface area contributed by atoms with Crippen molar-refractivity contribution in [3.8, 4) is 0 Å². The van der Waals surface area contributed by atoms with Gasteiger partial charge in [-0.05, 0) is 70.3 Å². The van der Waals surface area contributed by atoms with Crippen LogP contribution >= 0.6 is 0 Å². The fourth-order valence-corrected chi connectivity index (χ4v) is 3.93. The van der Waals surface area contributed by atoms with Crippen molar-refractivity contribution in [1.29, 1.82) is 0 Å². The molecule has 116 valence electrons. The summed E-state index contributed by atoms with van der Waals surface area (Å²) in [6.45, 7) is 5.66. The minimum absolute atomic E-state index is 0.0741. The Morgan fingerprint density at radius 1 is 1.19 bits per heavy atom. The zero-order valence-electron chi connectivity index (χ0n) is 12.8. The lowest BCUT2D eigenvalue weighted by molar-refractivity contribution is 0.160. The summed E-state index contributed by atoms with van der Waals surface area (Å²) >= 11 is 0. The molecule has 2 fully saturated rings. The molecule has 0 bridgehead atoms. The lowest BCUT2D eigenvalue weighted by Gasteiger charge is -2.34. The standard InChI is InChI=1S/C17H24F2N2/c1-11-9-15(19)13(10-14(11)18)12(2)21-8-4-6-17(21)16-5-3-7-20-16/h9-10,12,16-17,20H,3-8H2,1-2H3. The Morgan fingerprint density at radius 3 is 2.71 bits per heavy atom. The molecule has 0 spiro atoms. The summed E-state index contributed by atoms with van der Waals surface area (Å²) in [6.07, 6.45) is 4.71. The molecule has 3 unspecified atom stereocenters. The lowest BCUT2D eigenvalue weighted by Crippen LogP contribution is -2.45. The SMILES string of the molecule is Cc1cc(F)c(C(C)N2CCCC2C2CCCN2)cc1F. The van der Waals surface area contributed by atoms with Crippen LogP contribution in [-0.4, -0.2) is 30.1 Å². The third kappa shape index (κ3) is 2.84. The van der Waals surface area contributed by atoms with Crippen LogP contribution in [0.4, 0.5) is 8.78 Å². The highest BCUT2D eigenvalue weighted by molar-refractivity contribution is 5.27. The van der Waals surface area contributed by atoms with Crippen molar-refractivity contribution in [2.24, 2.45) is 0 Å². The molecule has 21 heavy (non-hydrogen) atoms. The summed E-state index contributed by atoms with van der Waals surface area (Å²) in [5.41, 5.74) is 0.863. The first-order valence-corrected chi connectivity index (χ1v) is 8.02. The van der Waals surface area contributed by atoms with Crippen LogP contribution in [0.3, 0.4) is 0 Å². The van der Waals surface area contributed by atoms with Crippen LogP contribution in [0.25, 0.3) is 0 Å². The Kier molecular flexibility index (Phi) is 4.27. The van der Waals surface area contributed by atoms with Gasteiger partial charge in [0, 0.05) is 23.7 Å². The maximum absolute atomic E-state index is 14.2. The van der Waals surface area contributed by atoms with Crippen molar-refractivity contribution in [3.63, 3.8) is 0 Å². The summed E-state index contributed by atoms with van der Waals surface area (Å²) in [6, 6.07) is 3.59. The Morgan fingerprint density at radius 2 is 2.00 bits per heavy atom. The number of hydrogen-bond donors (Lipinski definition) is 1. The molecule has 0 saturated carbocycles. The highest BCUT2D eigenvalue weighted by Gasteiger charge is 2.36. The quantitative estimate of drug-likeness (QED) is 0.917. The fraction of sp³-hybridized carbons (Fsp3) is 0.647. The molecule has 3 atom stereocenters. The molecule has 2 aliphatic heterocycles. The van der Waals surface area contributed by atoms with Crippen molar-refractivity contribution in [3.05, 3.63) is 34.9 Å². The molecule has 0 radical (unpaired) electrons. The number of benzene rings is 1. The van der Waals surface area contributed by atoms with E-state index in [1.165, 1.54) is 25.0 Å². The van der Waals surface area contributed by atoms with Crippen molar-refractivity contribution >= 4 is 0 Å². The van der Waals surface area contributed by atoms with E-state index >= 15 is 0 Å². The van der Waals surface area contributed by atoms with E-state index in [9.17, 15) is 8.78 Å². The second-order valence-corrected chi connectivity index (χ2v) is 6.45. The summed E-state index contributed by atoms with van der Waals surface area (Å²) in [5.74, 6) is -0.598. The number of halogens is 2. The van der Waals surface area contributed by atoms with E-state index in [1.54, 1.807) is 6.92 Å². The van der Waals surface area contributed by atoms with Gasteiger partial charge in [-0.1, -0.05) is 0 Å². The molecular weight excluding hydrogens is 270 g/mol. The predicted octanol–water partition coefficient (Wildman–Crippen LogP) is 3.55. The summed E-state index contributed by atoms with van der Waals surface area (Å²) in [7, 11) is 0. The average Bonchev–Trinajstić information content (AvgIpc) is 3.11. The second kappa shape index (κ2) is 6.01. The van der Waals surface area contributed by atoms with Crippen LogP contribution in [0, 0.1) is 18.6 Å². The highest BCUT2D eigenvalue weighted by Crippen LogP contribution is 2.34. The molecule has 1 aromatic carbocycles. The van der Waals surface area contributed by atoms with Gasteiger partial charge in [0.15, 0.2) is 0 Å². The Bertz CT molecular complexity index is 512. The van der Waals surface area contributed by atoms with Crippen LogP contribution in [0.2, 0.25) is 0 Å². The van der Waals surface area contributed by atoms with Crippen molar-refractivity contribution in [2.45, 2.75) is 57.7 Å². The highest BCUT2D eigenvalue weighted by atomic mass is 19.1. The van der Waals surface area contributed by atoms with Gasteiger partial charge >= 0.3 is 0 Å². The van der Waals surface area contributed by atoms with Gasteiger partial charge in [-0.25, -0.2) is 8.78 Å². The number of aryl methyl sites for hydroxylation is 1. The molecular formula is C17H24F2N2. The van der Waals surface area contributed by atoms with E-state index in [0.29, 0.717) is 23.2 Å². The zero-order valence-corrected chi connectivity index (χ0v) is 12.8. The first-order valence-electron chi connectivity index (χ1n) is 8.02. The van der Waals surface area contributed by atoms with Gasteiger partial charge in [-0.15, -0.1) is 0 Å². The molecule has 0 amide bonds. The van der Waals surface area contributed by atoms with Crippen LogP contribution in [0.1, 0.15) is 49.8 Å². The molecule has 1 aromatic rings. The van der Waals surface area contributed by atoms with E-state index < -0.39 is 0 Å². The van der Waals surface area contributed by atoms with E-state index in [2.05, 4.69) is 10.2 Å². The third-order valence-electron chi connectivity index (χ3n) is 5.13. The number of hydrogen-bond acceptors (Lipinski definition) is 2. The molecule has 2 aliphatic rings. The molecule has 1 N–H and O–H groups in total. The van der Waals surface area contributed by atoms with Gasteiger partial charge in [0.05, 0.1) is 0 Å². The van der Waals surface area contributed by atoms with E-state index in [1.807, 2.05) is 6.92 Å². The topological polar surface area (TPSA) is 15.3 Å². The molecule has 2 nitrogen and oxygen atoms in total. The number of nitrogens with zero attached hydrogens (tertiary/aromatic N) is 1. The number of rotatable bonds is 3. The predicted molar refractivity (Wildman–Crippen MR) is 80.3 cm³/mol. The van der Waals surface area contributed by atoms with Gasteiger partial charge < -0.3 is 5.32 Å². The van der Waals surface area contributed by atoms with Crippen molar-refractivity contribution < 1.29 is 8.78 Å². The Balaban J connectivity index is 1.83. The first-order chi connectivity index (χ1) is 10.1.